The molecule has 0 N–H and O–H groups in total. The van der Waals surface area contributed by atoms with Crippen molar-refractivity contribution in [3.05, 3.63) is 100 Å². The Morgan fingerprint density at radius 3 is 2.41 bits per heavy atom. The number of carbonyl (C=O) groups excluding carboxylic acids is 1. The second-order valence-electron chi connectivity index (χ2n) is 7.33. The van der Waals surface area contributed by atoms with Gasteiger partial charge in [0, 0.05) is 11.8 Å². The number of para-hydroxylation sites is 1. The molecule has 2 aromatic heterocycles. The fourth-order valence-corrected chi connectivity index (χ4v) is 5.79. The van der Waals surface area contributed by atoms with Crippen LogP contribution in [0.2, 0.25) is 0 Å². The van der Waals surface area contributed by atoms with Crippen LogP contribution in [0.3, 0.4) is 0 Å². The summed E-state index contributed by atoms with van der Waals surface area (Å²) in [5.74, 6) is -0.0686. The van der Waals surface area contributed by atoms with Crippen LogP contribution in [0.5, 0.6) is 0 Å². The van der Waals surface area contributed by atoms with Crippen LogP contribution in [0, 0.1) is 0 Å². The lowest BCUT2D eigenvalue weighted by molar-refractivity contribution is -0.123. The van der Waals surface area contributed by atoms with Gasteiger partial charge in [-0.05, 0) is 42.1 Å². The quantitative estimate of drug-likeness (QED) is 0.243. The third-order valence-electron chi connectivity index (χ3n) is 5.30. The van der Waals surface area contributed by atoms with E-state index in [0.717, 1.165) is 27.4 Å². The van der Waals surface area contributed by atoms with Crippen LogP contribution >= 0.6 is 35.3 Å². The van der Waals surface area contributed by atoms with Gasteiger partial charge in [0.05, 0.1) is 21.5 Å². The largest absolute Gasteiger partial charge is 0.286 e. The van der Waals surface area contributed by atoms with Gasteiger partial charge in [-0.1, -0.05) is 78.6 Å². The van der Waals surface area contributed by atoms with Crippen LogP contribution in [0.15, 0.2) is 89.3 Å². The van der Waals surface area contributed by atoms with Crippen molar-refractivity contribution in [1.82, 2.24) is 14.7 Å². The number of carbonyl (C=O) groups is 1. The topological polar surface area (TPSA) is 38.1 Å². The Morgan fingerprint density at radius 2 is 1.72 bits per heavy atom. The fraction of sp³-hybridized carbons (Fsp3) is 0.0800. The van der Waals surface area contributed by atoms with Crippen molar-refractivity contribution in [1.29, 1.82) is 0 Å². The zero-order valence-corrected chi connectivity index (χ0v) is 19.7. The van der Waals surface area contributed by atoms with Gasteiger partial charge in [0.25, 0.3) is 5.91 Å². The minimum absolute atomic E-state index is 0.0686. The molecule has 158 valence electrons. The maximum Gasteiger partial charge on any atom is 0.266 e. The lowest BCUT2D eigenvalue weighted by Gasteiger charge is -2.23. The monoisotopic (exact) mass is 473 g/mol. The van der Waals surface area contributed by atoms with E-state index in [-0.39, 0.29) is 11.9 Å². The van der Waals surface area contributed by atoms with Crippen molar-refractivity contribution in [3.8, 4) is 16.3 Å². The fourth-order valence-electron chi connectivity index (χ4n) is 3.65. The number of amides is 1. The van der Waals surface area contributed by atoms with Gasteiger partial charge in [-0.15, -0.1) is 11.3 Å². The smallest absolute Gasteiger partial charge is 0.266 e. The van der Waals surface area contributed by atoms with E-state index in [1.54, 1.807) is 16.2 Å². The molecule has 1 aliphatic heterocycles. The van der Waals surface area contributed by atoms with Crippen molar-refractivity contribution >= 4 is 51.6 Å². The molecule has 4 nitrogen and oxygen atoms in total. The first-order chi connectivity index (χ1) is 15.6. The molecule has 0 unspecified atom stereocenters. The standard InChI is InChI=1S/C25H19N3OS3/c1-17(18-9-4-2-5-10-18)28-24(29)22(32-25(28)30)15-19-16-27(20-11-6-3-7-12-20)26-23(19)21-13-8-14-31-21/h2-17H,1H3/b22-15-/t17-/m0/s1. The zero-order chi connectivity index (χ0) is 22.1. The van der Waals surface area contributed by atoms with E-state index in [4.69, 9.17) is 17.3 Å². The highest BCUT2D eigenvalue weighted by Crippen LogP contribution is 2.39. The zero-order valence-electron chi connectivity index (χ0n) is 17.2. The number of thiocarbonyl (C=S) groups is 1. The molecule has 1 saturated heterocycles. The Labute approximate surface area is 200 Å². The van der Waals surface area contributed by atoms with Crippen LogP contribution in [0.1, 0.15) is 24.1 Å². The summed E-state index contributed by atoms with van der Waals surface area (Å²) in [4.78, 5) is 16.7. The summed E-state index contributed by atoms with van der Waals surface area (Å²) in [6.45, 7) is 2.01. The number of hydrogen-bond acceptors (Lipinski definition) is 5. The predicted octanol–water partition coefficient (Wildman–Crippen LogP) is 6.56. The number of hydrogen-bond donors (Lipinski definition) is 0. The molecule has 0 spiro atoms. The maximum absolute atomic E-state index is 13.3. The Balaban J connectivity index is 1.53. The van der Waals surface area contributed by atoms with Gasteiger partial charge in [-0.25, -0.2) is 4.68 Å². The number of thioether (sulfide) groups is 1. The minimum Gasteiger partial charge on any atom is -0.286 e. The number of aromatic nitrogens is 2. The summed E-state index contributed by atoms with van der Waals surface area (Å²) >= 11 is 8.56. The highest BCUT2D eigenvalue weighted by Gasteiger charge is 2.36. The van der Waals surface area contributed by atoms with Gasteiger partial charge in [-0.2, -0.15) is 5.10 Å². The SMILES string of the molecule is C[C@@H](c1ccccc1)N1C(=O)/C(=C/c2cn(-c3ccccc3)nc2-c2cccs2)SC1=S. The van der Waals surface area contributed by atoms with Gasteiger partial charge in [-0.3, -0.25) is 9.69 Å². The Hall–Kier alpha value is -3.00. The van der Waals surface area contributed by atoms with E-state index in [1.807, 2.05) is 102 Å². The molecule has 0 radical (unpaired) electrons. The van der Waals surface area contributed by atoms with Gasteiger partial charge < -0.3 is 0 Å². The molecular formula is C25H19N3OS3. The van der Waals surface area contributed by atoms with E-state index in [0.29, 0.717) is 9.23 Å². The number of thiophene rings is 1. The molecule has 3 heterocycles. The lowest BCUT2D eigenvalue weighted by Crippen LogP contribution is -2.30. The maximum atomic E-state index is 13.3. The summed E-state index contributed by atoms with van der Waals surface area (Å²) < 4.78 is 2.43. The Kier molecular flexibility index (Phi) is 5.78. The molecule has 4 aromatic rings. The highest BCUT2D eigenvalue weighted by molar-refractivity contribution is 8.26. The van der Waals surface area contributed by atoms with Crippen LogP contribution in [-0.4, -0.2) is 24.9 Å². The summed E-state index contributed by atoms with van der Waals surface area (Å²) in [5, 5.41) is 6.86. The van der Waals surface area contributed by atoms with E-state index in [1.165, 1.54) is 11.8 Å². The first-order valence-corrected chi connectivity index (χ1v) is 12.2. The Bertz CT molecular complexity index is 1290. The van der Waals surface area contributed by atoms with Gasteiger partial charge in [0.2, 0.25) is 0 Å². The van der Waals surface area contributed by atoms with Crippen LogP contribution in [-0.2, 0) is 4.79 Å². The van der Waals surface area contributed by atoms with Crippen molar-refractivity contribution in [3.63, 3.8) is 0 Å². The first kappa shape index (κ1) is 20.9. The van der Waals surface area contributed by atoms with E-state index < -0.39 is 0 Å². The molecule has 0 bridgehead atoms. The summed E-state index contributed by atoms with van der Waals surface area (Å²) in [5.41, 5.74) is 3.77. The molecule has 0 aliphatic carbocycles. The molecule has 0 saturated carbocycles. The normalized spacial score (nSPS) is 16.2. The molecule has 1 atom stereocenters. The molecule has 5 rings (SSSR count). The first-order valence-electron chi connectivity index (χ1n) is 10.1. The molecule has 32 heavy (non-hydrogen) atoms. The molecular weight excluding hydrogens is 454 g/mol. The summed E-state index contributed by atoms with van der Waals surface area (Å²) in [6.07, 6.45) is 3.88. The van der Waals surface area contributed by atoms with Gasteiger partial charge in [0.15, 0.2) is 0 Å². The second kappa shape index (κ2) is 8.86. The number of rotatable bonds is 5. The number of benzene rings is 2. The molecule has 1 aliphatic rings. The van der Waals surface area contributed by atoms with Gasteiger partial charge in [0.1, 0.15) is 10.0 Å². The van der Waals surface area contributed by atoms with E-state index in [2.05, 4.69) is 0 Å². The predicted molar refractivity (Wildman–Crippen MR) is 137 cm³/mol. The molecule has 1 fully saturated rings. The van der Waals surface area contributed by atoms with Crippen LogP contribution in [0.25, 0.3) is 22.3 Å². The van der Waals surface area contributed by atoms with Crippen molar-refractivity contribution in [2.75, 3.05) is 0 Å². The lowest BCUT2D eigenvalue weighted by atomic mass is 10.1. The summed E-state index contributed by atoms with van der Waals surface area (Å²) in [6, 6.07) is 23.9. The molecule has 1 amide bonds. The van der Waals surface area contributed by atoms with Crippen LogP contribution in [0.4, 0.5) is 0 Å². The van der Waals surface area contributed by atoms with Crippen LogP contribution < -0.4 is 0 Å². The number of nitrogens with zero attached hydrogens (tertiary/aromatic N) is 3. The van der Waals surface area contributed by atoms with Crippen molar-refractivity contribution in [2.45, 2.75) is 13.0 Å². The van der Waals surface area contributed by atoms with Gasteiger partial charge >= 0.3 is 0 Å². The van der Waals surface area contributed by atoms with E-state index >= 15 is 0 Å². The van der Waals surface area contributed by atoms with Crippen molar-refractivity contribution < 1.29 is 4.79 Å². The van der Waals surface area contributed by atoms with E-state index in [9.17, 15) is 4.79 Å². The average Bonchev–Trinajstić information content (AvgIpc) is 3.55. The third kappa shape index (κ3) is 3.95. The Morgan fingerprint density at radius 1 is 1.00 bits per heavy atom. The average molecular weight is 474 g/mol. The third-order valence-corrected chi connectivity index (χ3v) is 7.50. The highest BCUT2D eigenvalue weighted by atomic mass is 32.2. The minimum atomic E-state index is -0.126. The second-order valence-corrected chi connectivity index (χ2v) is 9.95. The summed E-state index contributed by atoms with van der Waals surface area (Å²) in [7, 11) is 0. The van der Waals surface area contributed by atoms with Crippen molar-refractivity contribution in [2.24, 2.45) is 0 Å². The molecule has 2 aromatic carbocycles. The molecule has 7 heteroatoms.